The lowest BCUT2D eigenvalue weighted by atomic mass is 9.71. The molecule has 4 rings (SSSR count). The summed E-state index contributed by atoms with van der Waals surface area (Å²) in [5, 5.41) is 3.63. The van der Waals surface area contributed by atoms with Crippen LogP contribution in [0.3, 0.4) is 0 Å². The number of hydrogen-bond acceptors (Lipinski definition) is 2. The molecule has 2 saturated heterocycles. The molecule has 2 nitrogen and oxygen atoms in total. The summed E-state index contributed by atoms with van der Waals surface area (Å²) in [6, 6.07) is 10.5. The summed E-state index contributed by atoms with van der Waals surface area (Å²) in [6.45, 7) is 7.42. The van der Waals surface area contributed by atoms with Gasteiger partial charge >= 0.3 is 0 Å². The number of fused-ring (bicyclic) bond motifs is 1. The molecule has 0 spiro atoms. The van der Waals surface area contributed by atoms with Crippen molar-refractivity contribution in [3.8, 4) is 0 Å². The lowest BCUT2D eigenvalue weighted by Gasteiger charge is -2.33. The van der Waals surface area contributed by atoms with Crippen LogP contribution in [0.15, 0.2) is 24.3 Å². The van der Waals surface area contributed by atoms with Crippen molar-refractivity contribution >= 4 is 0 Å². The Balaban J connectivity index is 1.37. The van der Waals surface area contributed by atoms with Gasteiger partial charge in [0.25, 0.3) is 0 Å². The van der Waals surface area contributed by atoms with Crippen molar-refractivity contribution in [3.05, 3.63) is 35.4 Å². The second-order valence-corrected chi connectivity index (χ2v) is 8.14. The fourth-order valence-corrected chi connectivity index (χ4v) is 5.30. The summed E-state index contributed by atoms with van der Waals surface area (Å²) in [4.78, 5) is 2.66. The SMILES string of the molecule is CC1CCCN1CCc1ccc(C2CCC[C@H]3CNC[C@@H]23)cc1. The van der Waals surface area contributed by atoms with Gasteiger partial charge in [0.05, 0.1) is 0 Å². The maximum atomic E-state index is 3.63. The van der Waals surface area contributed by atoms with Crippen LogP contribution in [-0.4, -0.2) is 37.1 Å². The van der Waals surface area contributed by atoms with Crippen LogP contribution in [0.1, 0.15) is 56.1 Å². The number of benzene rings is 1. The quantitative estimate of drug-likeness (QED) is 0.909. The predicted molar refractivity (Wildman–Crippen MR) is 96.9 cm³/mol. The summed E-state index contributed by atoms with van der Waals surface area (Å²) in [5.74, 6) is 2.63. The van der Waals surface area contributed by atoms with Gasteiger partial charge < -0.3 is 10.2 Å². The van der Waals surface area contributed by atoms with Gasteiger partial charge in [-0.05, 0) is 87.5 Å². The van der Waals surface area contributed by atoms with Crippen LogP contribution in [0.25, 0.3) is 0 Å². The molecule has 1 N–H and O–H groups in total. The van der Waals surface area contributed by atoms with E-state index in [2.05, 4.69) is 41.4 Å². The largest absolute Gasteiger partial charge is 0.316 e. The van der Waals surface area contributed by atoms with Gasteiger partial charge in [0.15, 0.2) is 0 Å². The van der Waals surface area contributed by atoms with Gasteiger partial charge in [-0.15, -0.1) is 0 Å². The lowest BCUT2D eigenvalue weighted by Crippen LogP contribution is -2.29. The predicted octanol–water partition coefficient (Wildman–Crippen LogP) is 3.82. The van der Waals surface area contributed by atoms with Crippen LogP contribution < -0.4 is 5.32 Å². The second kappa shape index (κ2) is 6.94. The topological polar surface area (TPSA) is 15.3 Å². The molecule has 1 aliphatic carbocycles. The Kier molecular flexibility index (Phi) is 4.73. The molecule has 2 unspecified atom stereocenters. The Hall–Kier alpha value is -0.860. The minimum atomic E-state index is 0.795. The Morgan fingerprint density at radius 1 is 1.04 bits per heavy atom. The highest BCUT2D eigenvalue weighted by Gasteiger charge is 2.36. The van der Waals surface area contributed by atoms with Crippen molar-refractivity contribution < 1.29 is 0 Å². The first-order valence-corrected chi connectivity index (χ1v) is 9.85. The molecule has 1 aromatic carbocycles. The van der Waals surface area contributed by atoms with E-state index in [0.717, 1.165) is 23.8 Å². The number of rotatable bonds is 4. The number of nitrogens with one attached hydrogen (secondary N) is 1. The van der Waals surface area contributed by atoms with Gasteiger partial charge in [-0.25, -0.2) is 0 Å². The van der Waals surface area contributed by atoms with Crippen LogP contribution in [0.2, 0.25) is 0 Å². The molecule has 3 aliphatic rings. The zero-order chi connectivity index (χ0) is 15.6. The minimum Gasteiger partial charge on any atom is -0.316 e. The smallest absolute Gasteiger partial charge is 0.00675 e. The first-order chi connectivity index (χ1) is 11.3. The Morgan fingerprint density at radius 3 is 2.70 bits per heavy atom. The number of likely N-dealkylation sites (tertiary alicyclic amines) is 1. The fourth-order valence-electron chi connectivity index (χ4n) is 5.30. The lowest BCUT2D eigenvalue weighted by molar-refractivity contribution is 0.258. The van der Waals surface area contributed by atoms with Crippen LogP contribution >= 0.6 is 0 Å². The molecule has 0 amide bonds. The third-order valence-corrected chi connectivity index (χ3v) is 6.79. The first kappa shape index (κ1) is 15.7. The zero-order valence-corrected chi connectivity index (χ0v) is 14.6. The Labute approximate surface area is 141 Å². The molecule has 0 radical (unpaired) electrons. The molecule has 3 fully saturated rings. The molecule has 1 saturated carbocycles. The van der Waals surface area contributed by atoms with E-state index in [1.807, 2.05) is 0 Å². The molecule has 4 atom stereocenters. The fraction of sp³-hybridized carbons (Fsp3) is 0.714. The van der Waals surface area contributed by atoms with Crippen LogP contribution in [0.4, 0.5) is 0 Å². The maximum absolute atomic E-state index is 3.63. The van der Waals surface area contributed by atoms with E-state index in [-0.39, 0.29) is 0 Å². The maximum Gasteiger partial charge on any atom is 0.00675 e. The summed E-state index contributed by atoms with van der Waals surface area (Å²) < 4.78 is 0. The highest BCUT2D eigenvalue weighted by molar-refractivity contribution is 5.27. The molecular formula is C21H32N2. The molecule has 2 heteroatoms. The van der Waals surface area contributed by atoms with Gasteiger partial charge in [0.1, 0.15) is 0 Å². The number of hydrogen-bond donors (Lipinski definition) is 1. The van der Waals surface area contributed by atoms with E-state index in [1.54, 1.807) is 5.56 Å². The summed E-state index contributed by atoms with van der Waals surface area (Å²) in [5.41, 5.74) is 3.12. The van der Waals surface area contributed by atoms with Crippen molar-refractivity contribution in [1.82, 2.24) is 10.2 Å². The highest BCUT2D eigenvalue weighted by atomic mass is 15.2. The van der Waals surface area contributed by atoms with Gasteiger partial charge in [-0.1, -0.05) is 30.7 Å². The van der Waals surface area contributed by atoms with Crippen LogP contribution in [-0.2, 0) is 6.42 Å². The molecule has 2 heterocycles. The summed E-state index contributed by atoms with van der Waals surface area (Å²) in [6.07, 6.45) is 8.24. The molecule has 0 bridgehead atoms. The third kappa shape index (κ3) is 3.34. The van der Waals surface area contributed by atoms with E-state index in [0.29, 0.717) is 0 Å². The summed E-state index contributed by atoms with van der Waals surface area (Å²) >= 11 is 0. The van der Waals surface area contributed by atoms with E-state index < -0.39 is 0 Å². The van der Waals surface area contributed by atoms with E-state index >= 15 is 0 Å². The van der Waals surface area contributed by atoms with E-state index in [4.69, 9.17) is 0 Å². The third-order valence-electron chi connectivity index (χ3n) is 6.79. The molecule has 126 valence electrons. The van der Waals surface area contributed by atoms with E-state index in [9.17, 15) is 0 Å². The van der Waals surface area contributed by atoms with Gasteiger partial charge in [0, 0.05) is 12.6 Å². The molecular weight excluding hydrogens is 280 g/mol. The van der Waals surface area contributed by atoms with Crippen molar-refractivity contribution in [2.75, 3.05) is 26.2 Å². The minimum absolute atomic E-state index is 0.795. The van der Waals surface area contributed by atoms with E-state index in [1.165, 1.54) is 70.3 Å². The van der Waals surface area contributed by atoms with Gasteiger partial charge in [-0.3, -0.25) is 0 Å². The van der Waals surface area contributed by atoms with Crippen molar-refractivity contribution in [1.29, 1.82) is 0 Å². The Morgan fingerprint density at radius 2 is 1.91 bits per heavy atom. The normalized spacial score (nSPS) is 34.7. The zero-order valence-electron chi connectivity index (χ0n) is 14.6. The van der Waals surface area contributed by atoms with Crippen LogP contribution in [0.5, 0.6) is 0 Å². The van der Waals surface area contributed by atoms with Gasteiger partial charge in [0.2, 0.25) is 0 Å². The standard InChI is InChI=1S/C21H32N2/c1-16-4-3-12-23(16)13-11-17-7-9-18(10-8-17)20-6-2-5-19-14-22-15-21(19)20/h7-10,16,19-22H,2-6,11-15H2,1H3/t16?,19-,20?,21+/m0/s1. The van der Waals surface area contributed by atoms with Crippen molar-refractivity contribution in [2.45, 2.75) is 57.4 Å². The molecule has 23 heavy (non-hydrogen) atoms. The monoisotopic (exact) mass is 312 g/mol. The van der Waals surface area contributed by atoms with Gasteiger partial charge in [-0.2, -0.15) is 0 Å². The van der Waals surface area contributed by atoms with Crippen molar-refractivity contribution in [2.24, 2.45) is 11.8 Å². The highest BCUT2D eigenvalue weighted by Crippen LogP contribution is 2.42. The molecule has 0 aromatic heterocycles. The molecule has 1 aromatic rings. The molecule has 2 aliphatic heterocycles. The Bertz CT molecular complexity index is 509. The second-order valence-electron chi connectivity index (χ2n) is 8.14. The average molecular weight is 313 g/mol. The average Bonchev–Trinajstić information content (AvgIpc) is 3.22. The summed E-state index contributed by atoms with van der Waals surface area (Å²) in [7, 11) is 0. The first-order valence-electron chi connectivity index (χ1n) is 9.85. The van der Waals surface area contributed by atoms with Crippen molar-refractivity contribution in [3.63, 3.8) is 0 Å². The number of nitrogens with zero attached hydrogens (tertiary/aromatic N) is 1. The van der Waals surface area contributed by atoms with Crippen LogP contribution in [0, 0.1) is 11.8 Å².